The van der Waals surface area contributed by atoms with Crippen molar-refractivity contribution in [3.05, 3.63) is 46.4 Å². The van der Waals surface area contributed by atoms with Gasteiger partial charge >= 0.3 is 0 Å². The largest absolute Gasteiger partial charge is 0.357 e. The molecule has 27 heavy (non-hydrogen) atoms. The Bertz CT molecular complexity index is 705. The fourth-order valence-electron chi connectivity index (χ4n) is 3.09. The zero-order valence-electron chi connectivity index (χ0n) is 16.1. The minimum absolute atomic E-state index is 0. The average molecular weight is 517 g/mol. The predicted molar refractivity (Wildman–Crippen MR) is 129 cm³/mol. The predicted octanol–water partition coefficient (Wildman–Crippen LogP) is 4.69. The lowest BCUT2D eigenvalue weighted by Gasteiger charge is -2.21. The van der Waals surface area contributed by atoms with Crippen molar-refractivity contribution in [3.8, 4) is 0 Å². The SMILES string of the molecule is CCNC(=NCCc1ncc(C)s1)N1CCC(CSc2ccccc2)C1.I. The Morgan fingerprint density at radius 3 is 2.89 bits per heavy atom. The number of likely N-dealkylation sites (tertiary alicyclic amines) is 1. The van der Waals surface area contributed by atoms with Gasteiger partial charge in [-0.25, -0.2) is 4.98 Å². The van der Waals surface area contributed by atoms with Crippen molar-refractivity contribution < 1.29 is 0 Å². The number of rotatable bonds is 7. The summed E-state index contributed by atoms with van der Waals surface area (Å²) in [5, 5.41) is 4.64. The summed E-state index contributed by atoms with van der Waals surface area (Å²) in [4.78, 5) is 14.3. The van der Waals surface area contributed by atoms with E-state index >= 15 is 0 Å². The molecule has 4 nitrogen and oxygen atoms in total. The Labute approximate surface area is 188 Å². The summed E-state index contributed by atoms with van der Waals surface area (Å²) in [5.41, 5.74) is 0. The number of nitrogens with one attached hydrogen (secondary N) is 1. The number of aryl methyl sites for hydroxylation is 1. The highest BCUT2D eigenvalue weighted by Crippen LogP contribution is 2.25. The number of guanidine groups is 1. The number of hydrogen-bond donors (Lipinski definition) is 1. The first-order valence-corrected chi connectivity index (χ1v) is 11.2. The van der Waals surface area contributed by atoms with E-state index in [1.54, 1.807) is 11.3 Å². The molecule has 0 saturated carbocycles. The zero-order valence-corrected chi connectivity index (χ0v) is 20.0. The number of aliphatic imine (C=N–C) groups is 1. The van der Waals surface area contributed by atoms with E-state index in [0.717, 1.165) is 44.5 Å². The maximum Gasteiger partial charge on any atom is 0.193 e. The molecule has 1 aliphatic rings. The molecule has 0 spiro atoms. The van der Waals surface area contributed by atoms with Crippen molar-refractivity contribution >= 4 is 53.0 Å². The van der Waals surface area contributed by atoms with Crippen molar-refractivity contribution in [3.63, 3.8) is 0 Å². The van der Waals surface area contributed by atoms with Gasteiger partial charge in [0.25, 0.3) is 0 Å². The highest BCUT2D eigenvalue weighted by molar-refractivity contribution is 14.0. The van der Waals surface area contributed by atoms with Crippen LogP contribution in [0.1, 0.15) is 23.2 Å². The third kappa shape index (κ3) is 7.27. The standard InChI is InChI=1S/C20H28N4S2.HI/c1-3-21-20(22-11-9-19-23-13-16(2)26-19)24-12-10-17(14-24)15-25-18-7-5-4-6-8-18;/h4-8,13,17H,3,9-12,14-15H2,1-2H3,(H,21,22);1H. The monoisotopic (exact) mass is 516 g/mol. The van der Waals surface area contributed by atoms with E-state index in [9.17, 15) is 0 Å². The van der Waals surface area contributed by atoms with Gasteiger partial charge in [-0.1, -0.05) is 18.2 Å². The Morgan fingerprint density at radius 2 is 2.19 bits per heavy atom. The third-order valence-electron chi connectivity index (χ3n) is 4.41. The number of thiazole rings is 1. The second-order valence-electron chi connectivity index (χ2n) is 6.58. The maximum absolute atomic E-state index is 4.84. The van der Waals surface area contributed by atoms with Crippen LogP contribution in [0.4, 0.5) is 0 Å². The van der Waals surface area contributed by atoms with Gasteiger partial charge in [-0.05, 0) is 38.3 Å². The van der Waals surface area contributed by atoms with E-state index < -0.39 is 0 Å². The van der Waals surface area contributed by atoms with Crippen LogP contribution in [-0.4, -0.2) is 47.8 Å². The van der Waals surface area contributed by atoms with Crippen molar-refractivity contribution in [2.75, 3.05) is 31.9 Å². The molecule has 3 rings (SSSR count). The molecule has 7 heteroatoms. The molecular formula is C20H29IN4S2. The van der Waals surface area contributed by atoms with Crippen LogP contribution in [0.5, 0.6) is 0 Å². The van der Waals surface area contributed by atoms with E-state index in [0.29, 0.717) is 0 Å². The molecule has 1 aromatic carbocycles. The third-order valence-corrected chi connectivity index (χ3v) is 6.62. The first-order chi connectivity index (χ1) is 12.7. The number of aromatic nitrogens is 1. The Morgan fingerprint density at radius 1 is 1.37 bits per heavy atom. The molecule has 1 aliphatic heterocycles. The number of halogens is 1. The molecule has 0 radical (unpaired) electrons. The zero-order chi connectivity index (χ0) is 18.2. The van der Waals surface area contributed by atoms with Crippen LogP contribution in [0.2, 0.25) is 0 Å². The molecular weight excluding hydrogens is 487 g/mol. The Balaban J connectivity index is 0.00000261. The summed E-state index contributed by atoms with van der Waals surface area (Å²) in [6, 6.07) is 10.7. The lowest BCUT2D eigenvalue weighted by atomic mass is 10.2. The molecule has 0 amide bonds. The molecule has 148 valence electrons. The molecule has 2 heterocycles. The van der Waals surface area contributed by atoms with Gasteiger partial charge in [-0.15, -0.1) is 47.1 Å². The van der Waals surface area contributed by atoms with Gasteiger partial charge in [-0.3, -0.25) is 4.99 Å². The van der Waals surface area contributed by atoms with Crippen LogP contribution in [0, 0.1) is 12.8 Å². The maximum atomic E-state index is 4.84. The summed E-state index contributed by atoms with van der Waals surface area (Å²) in [6.45, 7) is 8.15. The molecule has 1 unspecified atom stereocenters. The van der Waals surface area contributed by atoms with Crippen LogP contribution >= 0.6 is 47.1 Å². The molecule has 0 aliphatic carbocycles. The second-order valence-corrected chi connectivity index (χ2v) is 8.99. The minimum atomic E-state index is 0. The molecule has 1 saturated heterocycles. The van der Waals surface area contributed by atoms with Crippen molar-refractivity contribution in [1.29, 1.82) is 0 Å². The minimum Gasteiger partial charge on any atom is -0.357 e. The highest BCUT2D eigenvalue weighted by Gasteiger charge is 2.24. The van der Waals surface area contributed by atoms with E-state index in [1.165, 1.54) is 27.0 Å². The Hall–Kier alpha value is -0.800. The summed E-state index contributed by atoms with van der Waals surface area (Å²) in [6.07, 6.45) is 4.12. The van der Waals surface area contributed by atoms with Gasteiger partial charge in [-0.2, -0.15) is 0 Å². The molecule has 0 bridgehead atoms. The number of nitrogens with zero attached hydrogens (tertiary/aromatic N) is 3. The molecule has 1 aromatic heterocycles. The number of thioether (sulfide) groups is 1. The van der Waals surface area contributed by atoms with Gasteiger partial charge in [0.15, 0.2) is 5.96 Å². The van der Waals surface area contributed by atoms with E-state index in [2.05, 4.69) is 59.4 Å². The normalized spacial score (nSPS) is 17.0. The second kappa shape index (κ2) is 11.9. The molecule has 2 aromatic rings. The van der Waals surface area contributed by atoms with Crippen molar-refractivity contribution in [2.24, 2.45) is 10.9 Å². The fourth-order valence-corrected chi connectivity index (χ4v) is 4.92. The number of benzene rings is 1. The molecule has 1 fully saturated rings. The van der Waals surface area contributed by atoms with Crippen LogP contribution in [0.25, 0.3) is 0 Å². The first-order valence-electron chi connectivity index (χ1n) is 9.37. The molecule has 1 atom stereocenters. The van der Waals surface area contributed by atoms with E-state index in [1.807, 2.05) is 18.0 Å². The smallest absolute Gasteiger partial charge is 0.193 e. The van der Waals surface area contributed by atoms with Gasteiger partial charge in [0.2, 0.25) is 0 Å². The highest BCUT2D eigenvalue weighted by atomic mass is 127. The molecule has 1 N–H and O–H groups in total. The lowest BCUT2D eigenvalue weighted by molar-refractivity contribution is 0.474. The number of hydrogen-bond acceptors (Lipinski definition) is 4. The first kappa shape index (κ1) is 22.5. The average Bonchev–Trinajstić information content (AvgIpc) is 3.29. The fraction of sp³-hybridized carbons (Fsp3) is 0.500. The van der Waals surface area contributed by atoms with Gasteiger partial charge in [0.1, 0.15) is 0 Å². The summed E-state index contributed by atoms with van der Waals surface area (Å²) < 4.78 is 0. The van der Waals surface area contributed by atoms with Gasteiger partial charge < -0.3 is 10.2 Å². The van der Waals surface area contributed by atoms with E-state index in [-0.39, 0.29) is 24.0 Å². The van der Waals surface area contributed by atoms with Crippen LogP contribution in [0.3, 0.4) is 0 Å². The van der Waals surface area contributed by atoms with Crippen molar-refractivity contribution in [2.45, 2.75) is 31.6 Å². The lowest BCUT2D eigenvalue weighted by Crippen LogP contribution is -2.40. The van der Waals surface area contributed by atoms with Crippen LogP contribution in [-0.2, 0) is 6.42 Å². The summed E-state index contributed by atoms with van der Waals surface area (Å²) in [5.74, 6) is 2.97. The van der Waals surface area contributed by atoms with Gasteiger partial charge in [0.05, 0.1) is 5.01 Å². The Kier molecular flexibility index (Phi) is 9.92. The summed E-state index contributed by atoms with van der Waals surface area (Å²) in [7, 11) is 0. The summed E-state index contributed by atoms with van der Waals surface area (Å²) >= 11 is 3.74. The topological polar surface area (TPSA) is 40.5 Å². The van der Waals surface area contributed by atoms with Gasteiger partial charge in [0, 0.05) is 54.3 Å². The van der Waals surface area contributed by atoms with Crippen LogP contribution < -0.4 is 5.32 Å². The van der Waals surface area contributed by atoms with Crippen LogP contribution in [0.15, 0.2) is 46.4 Å². The van der Waals surface area contributed by atoms with Crippen molar-refractivity contribution in [1.82, 2.24) is 15.2 Å². The quantitative estimate of drug-likeness (QED) is 0.251. The van der Waals surface area contributed by atoms with E-state index in [4.69, 9.17) is 4.99 Å².